The monoisotopic (exact) mass is 332 g/mol. The normalized spacial score (nSPS) is 10.7. The number of carbonyl (C=O) groups excluding carboxylic acids is 2. The number of aromatic hydroxyl groups is 1. The Morgan fingerprint density at radius 3 is 2.71 bits per heavy atom. The minimum absolute atomic E-state index is 0.0198. The maximum absolute atomic E-state index is 12.0. The number of carboxylic acids is 1. The number of phenols is 1. The lowest BCUT2D eigenvalue weighted by molar-refractivity contribution is -0.305. The summed E-state index contributed by atoms with van der Waals surface area (Å²) in [7, 11) is 0. The predicted molar refractivity (Wildman–Crippen MR) is 84.3 cm³/mol. The van der Waals surface area contributed by atoms with Gasteiger partial charge in [-0.15, -0.1) is 0 Å². The number of hydrogen-bond acceptors (Lipinski definition) is 6. The fraction of sp³-hybridized carbons (Fsp3) is 0.353. The first-order chi connectivity index (χ1) is 11.5. The van der Waals surface area contributed by atoms with Gasteiger partial charge in [0.2, 0.25) is 5.91 Å². The molecular formula is C17H18NO6-. The van der Waals surface area contributed by atoms with Gasteiger partial charge in [0, 0.05) is 30.0 Å². The Morgan fingerprint density at radius 2 is 1.96 bits per heavy atom. The molecule has 0 aliphatic heterocycles. The zero-order valence-corrected chi connectivity index (χ0v) is 13.0. The summed E-state index contributed by atoms with van der Waals surface area (Å²) in [5, 5.41) is 23.0. The average molecular weight is 332 g/mol. The van der Waals surface area contributed by atoms with Gasteiger partial charge in [0.25, 0.3) is 0 Å². The second-order valence-corrected chi connectivity index (χ2v) is 5.48. The van der Waals surface area contributed by atoms with Crippen LogP contribution >= 0.6 is 0 Å². The molecule has 0 radical (unpaired) electrons. The van der Waals surface area contributed by atoms with Gasteiger partial charge in [0.15, 0.2) is 0 Å². The largest absolute Gasteiger partial charge is 0.550 e. The molecular weight excluding hydrogens is 314 g/mol. The minimum Gasteiger partial charge on any atom is -0.550 e. The van der Waals surface area contributed by atoms with Gasteiger partial charge in [-0.05, 0) is 37.0 Å². The fourth-order valence-electron chi connectivity index (χ4n) is 2.40. The number of unbranched alkanes of at least 4 members (excludes halogenated alkanes) is 2. The number of aliphatic carboxylic acids is 1. The first kappa shape index (κ1) is 17.5. The van der Waals surface area contributed by atoms with Crippen molar-refractivity contribution in [2.24, 2.45) is 0 Å². The summed E-state index contributed by atoms with van der Waals surface area (Å²) < 4.78 is 5.01. The third-order valence-electron chi connectivity index (χ3n) is 3.54. The SMILES string of the molecule is O=C([O-])CCCCCNC(=O)Cc1cc(=O)oc2cc(O)ccc12. The summed E-state index contributed by atoms with van der Waals surface area (Å²) in [6, 6.07) is 5.64. The zero-order chi connectivity index (χ0) is 17.5. The standard InChI is InChI=1S/C17H19NO6/c19-12-5-6-13-11(9-17(23)24-14(13)10-12)8-15(20)18-7-3-1-2-4-16(21)22/h5-6,9-10,19H,1-4,7-8H2,(H,18,20)(H,21,22)/p-1. The van der Waals surface area contributed by atoms with Gasteiger partial charge in [-0.1, -0.05) is 6.42 Å². The molecule has 0 spiro atoms. The lowest BCUT2D eigenvalue weighted by atomic mass is 10.1. The lowest BCUT2D eigenvalue weighted by Crippen LogP contribution is -2.26. The van der Waals surface area contributed by atoms with Crippen LogP contribution in [-0.4, -0.2) is 23.5 Å². The maximum atomic E-state index is 12.0. The van der Waals surface area contributed by atoms with E-state index in [9.17, 15) is 24.6 Å². The van der Waals surface area contributed by atoms with E-state index in [-0.39, 0.29) is 30.1 Å². The van der Waals surface area contributed by atoms with Crippen LogP contribution in [0.4, 0.5) is 0 Å². The van der Waals surface area contributed by atoms with Crippen molar-refractivity contribution in [1.29, 1.82) is 0 Å². The molecule has 2 aromatic rings. The molecule has 1 aromatic heterocycles. The highest BCUT2D eigenvalue weighted by atomic mass is 16.4. The molecule has 2 rings (SSSR count). The Kier molecular flexibility index (Phi) is 5.95. The summed E-state index contributed by atoms with van der Waals surface area (Å²) in [6.07, 6.45) is 1.92. The average Bonchev–Trinajstić information content (AvgIpc) is 2.49. The molecule has 0 saturated carbocycles. The van der Waals surface area contributed by atoms with E-state index in [0.717, 1.165) is 0 Å². The topological polar surface area (TPSA) is 120 Å². The molecule has 128 valence electrons. The number of carboxylic acid groups (broad SMARTS) is 1. The van der Waals surface area contributed by atoms with Crippen molar-refractivity contribution >= 4 is 22.8 Å². The molecule has 0 bridgehead atoms. The number of hydrogen-bond donors (Lipinski definition) is 2. The third-order valence-corrected chi connectivity index (χ3v) is 3.54. The van der Waals surface area contributed by atoms with Crippen LogP contribution in [0.1, 0.15) is 31.2 Å². The summed E-state index contributed by atoms with van der Waals surface area (Å²) in [4.78, 5) is 33.8. The van der Waals surface area contributed by atoms with Crippen molar-refractivity contribution in [2.75, 3.05) is 6.54 Å². The van der Waals surface area contributed by atoms with E-state index in [1.165, 1.54) is 18.2 Å². The predicted octanol–water partition coefficient (Wildman–Crippen LogP) is 0.468. The van der Waals surface area contributed by atoms with E-state index in [1.54, 1.807) is 6.07 Å². The van der Waals surface area contributed by atoms with E-state index in [0.29, 0.717) is 36.8 Å². The van der Waals surface area contributed by atoms with Crippen LogP contribution in [0, 0.1) is 0 Å². The van der Waals surface area contributed by atoms with Crippen LogP contribution in [-0.2, 0) is 16.0 Å². The third kappa shape index (κ3) is 5.12. The molecule has 1 aromatic carbocycles. The molecule has 0 unspecified atom stereocenters. The summed E-state index contributed by atoms with van der Waals surface area (Å²) in [5.74, 6) is -1.33. The van der Waals surface area contributed by atoms with Crippen molar-refractivity contribution in [3.05, 3.63) is 40.2 Å². The number of amides is 1. The van der Waals surface area contributed by atoms with Crippen LogP contribution in [0.5, 0.6) is 5.75 Å². The van der Waals surface area contributed by atoms with Crippen molar-refractivity contribution in [3.8, 4) is 5.75 Å². The number of nitrogens with one attached hydrogen (secondary N) is 1. The van der Waals surface area contributed by atoms with Gasteiger partial charge in [0.05, 0.1) is 6.42 Å². The highest BCUT2D eigenvalue weighted by Crippen LogP contribution is 2.22. The van der Waals surface area contributed by atoms with Crippen LogP contribution in [0.3, 0.4) is 0 Å². The van der Waals surface area contributed by atoms with Crippen LogP contribution in [0.2, 0.25) is 0 Å². The summed E-state index contributed by atoms with van der Waals surface area (Å²) in [5.41, 5.74) is 0.168. The lowest BCUT2D eigenvalue weighted by Gasteiger charge is -2.07. The second kappa shape index (κ2) is 8.14. The molecule has 0 atom stereocenters. The molecule has 7 heteroatoms. The van der Waals surface area contributed by atoms with Crippen molar-refractivity contribution in [1.82, 2.24) is 5.32 Å². The number of carbonyl (C=O) groups is 2. The van der Waals surface area contributed by atoms with E-state index in [2.05, 4.69) is 5.32 Å². The van der Waals surface area contributed by atoms with E-state index in [4.69, 9.17) is 4.42 Å². The van der Waals surface area contributed by atoms with E-state index < -0.39 is 11.6 Å². The maximum Gasteiger partial charge on any atom is 0.336 e. The minimum atomic E-state index is -1.07. The van der Waals surface area contributed by atoms with Gasteiger partial charge < -0.3 is 24.7 Å². The van der Waals surface area contributed by atoms with Crippen LogP contribution in [0.15, 0.2) is 33.5 Å². The Bertz CT molecular complexity index is 795. The molecule has 24 heavy (non-hydrogen) atoms. The Labute approximate surface area is 137 Å². The number of rotatable bonds is 8. The molecule has 0 aliphatic carbocycles. The van der Waals surface area contributed by atoms with E-state index >= 15 is 0 Å². The Morgan fingerprint density at radius 1 is 1.17 bits per heavy atom. The van der Waals surface area contributed by atoms with Gasteiger partial charge >= 0.3 is 5.63 Å². The zero-order valence-electron chi connectivity index (χ0n) is 13.0. The first-order valence-corrected chi connectivity index (χ1v) is 7.68. The highest BCUT2D eigenvalue weighted by molar-refractivity contribution is 5.87. The summed E-state index contributed by atoms with van der Waals surface area (Å²) in [6.45, 7) is 0.437. The van der Waals surface area contributed by atoms with Crippen molar-refractivity contribution < 1.29 is 24.2 Å². The summed E-state index contributed by atoms with van der Waals surface area (Å²) >= 11 is 0. The van der Waals surface area contributed by atoms with Crippen LogP contribution < -0.4 is 16.0 Å². The molecule has 2 N–H and O–H groups in total. The molecule has 1 heterocycles. The van der Waals surface area contributed by atoms with Gasteiger partial charge in [-0.25, -0.2) is 4.79 Å². The smallest absolute Gasteiger partial charge is 0.336 e. The molecule has 1 amide bonds. The quantitative estimate of drug-likeness (QED) is 0.535. The second-order valence-electron chi connectivity index (χ2n) is 5.48. The number of benzene rings is 1. The Hall–Kier alpha value is -2.83. The fourth-order valence-corrected chi connectivity index (χ4v) is 2.40. The first-order valence-electron chi connectivity index (χ1n) is 7.68. The van der Waals surface area contributed by atoms with Gasteiger partial charge in [0.1, 0.15) is 11.3 Å². The number of fused-ring (bicyclic) bond motifs is 1. The highest BCUT2D eigenvalue weighted by Gasteiger charge is 2.10. The molecule has 0 aliphatic rings. The Balaban J connectivity index is 1.91. The molecule has 7 nitrogen and oxygen atoms in total. The molecule has 0 fully saturated rings. The van der Waals surface area contributed by atoms with Gasteiger partial charge in [-0.3, -0.25) is 4.79 Å². The van der Waals surface area contributed by atoms with Crippen molar-refractivity contribution in [3.63, 3.8) is 0 Å². The van der Waals surface area contributed by atoms with E-state index in [1.807, 2.05) is 0 Å². The van der Waals surface area contributed by atoms with Gasteiger partial charge in [-0.2, -0.15) is 0 Å². The molecule has 0 saturated heterocycles. The van der Waals surface area contributed by atoms with Crippen LogP contribution in [0.25, 0.3) is 11.0 Å². The van der Waals surface area contributed by atoms with Crippen molar-refractivity contribution in [2.45, 2.75) is 32.1 Å². The number of phenolic OH excluding ortho intramolecular Hbond substituents is 1.